The minimum atomic E-state index is 0.246. The van der Waals surface area contributed by atoms with Crippen LogP contribution in [0.15, 0.2) is 54.6 Å². The van der Waals surface area contributed by atoms with Gasteiger partial charge in [0.2, 0.25) is 0 Å². The highest BCUT2D eigenvalue weighted by Gasteiger charge is 2.23. The van der Waals surface area contributed by atoms with Crippen LogP contribution in [0.5, 0.6) is 5.75 Å². The van der Waals surface area contributed by atoms with E-state index >= 15 is 0 Å². The SMILES string of the molecule is CCNC(c1ccccc1)c1ccc(OC2CC2)cc1. The van der Waals surface area contributed by atoms with Crippen LogP contribution in [-0.4, -0.2) is 12.6 Å². The predicted molar refractivity (Wildman–Crippen MR) is 82.1 cm³/mol. The Bertz CT molecular complexity index is 531. The molecule has 0 heterocycles. The summed E-state index contributed by atoms with van der Waals surface area (Å²) < 4.78 is 5.81. The molecule has 2 aromatic carbocycles. The van der Waals surface area contributed by atoms with E-state index in [-0.39, 0.29) is 6.04 Å². The van der Waals surface area contributed by atoms with Crippen molar-refractivity contribution in [1.29, 1.82) is 0 Å². The molecule has 1 atom stereocenters. The van der Waals surface area contributed by atoms with Gasteiger partial charge in [-0.15, -0.1) is 0 Å². The van der Waals surface area contributed by atoms with E-state index in [4.69, 9.17) is 4.74 Å². The first-order valence-electron chi connectivity index (χ1n) is 7.42. The maximum atomic E-state index is 5.81. The molecule has 1 unspecified atom stereocenters. The molecular formula is C18H21NO. The maximum Gasteiger partial charge on any atom is 0.119 e. The Balaban J connectivity index is 1.79. The van der Waals surface area contributed by atoms with Crippen molar-refractivity contribution in [3.63, 3.8) is 0 Å². The highest BCUT2D eigenvalue weighted by Crippen LogP contribution is 2.28. The van der Waals surface area contributed by atoms with E-state index in [0.717, 1.165) is 12.3 Å². The summed E-state index contributed by atoms with van der Waals surface area (Å²) in [6, 6.07) is 19.3. The van der Waals surface area contributed by atoms with E-state index in [1.165, 1.54) is 24.0 Å². The largest absolute Gasteiger partial charge is 0.490 e. The number of hydrogen-bond acceptors (Lipinski definition) is 2. The van der Waals surface area contributed by atoms with Gasteiger partial charge in [0.15, 0.2) is 0 Å². The smallest absolute Gasteiger partial charge is 0.119 e. The van der Waals surface area contributed by atoms with E-state index in [1.54, 1.807) is 0 Å². The van der Waals surface area contributed by atoms with Gasteiger partial charge in [0, 0.05) is 0 Å². The van der Waals surface area contributed by atoms with Crippen molar-refractivity contribution in [3.05, 3.63) is 65.7 Å². The fourth-order valence-corrected chi connectivity index (χ4v) is 2.39. The molecule has 20 heavy (non-hydrogen) atoms. The van der Waals surface area contributed by atoms with Crippen LogP contribution in [0.4, 0.5) is 0 Å². The molecule has 1 fully saturated rings. The Kier molecular flexibility index (Phi) is 4.03. The van der Waals surface area contributed by atoms with Gasteiger partial charge in [0.1, 0.15) is 5.75 Å². The van der Waals surface area contributed by atoms with Gasteiger partial charge < -0.3 is 10.1 Å². The summed E-state index contributed by atoms with van der Waals surface area (Å²) in [4.78, 5) is 0. The average Bonchev–Trinajstić information content (AvgIpc) is 3.31. The molecule has 2 heteroatoms. The molecule has 2 aromatic rings. The number of nitrogens with one attached hydrogen (secondary N) is 1. The average molecular weight is 267 g/mol. The van der Waals surface area contributed by atoms with Crippen molar-refractivity contribution in [1.82, 2.24) is 5.32 Å². The quantitative estimate of drug-likeness (QED) is 0.856. The molecule has 0 radical (unpaired) electrons. The summed E-state index contributed by atoms with van der Waals surface area (Å²) in [5, 5.41) is 3.55. The number of rotatable bonds is 6. The molecular weight excluding hydrogens is 246 g/mol. The first-order valence-corrected chi connectivity index (χ1v) is 7.42. The van der Waals surface area contributed by atoms with Crippen LogP contribution in [0.3, 0.4) is 0 Å². The number of hydrogen-bond donors (Lipinski definition) is 1. The molecule has 1 aliphatic carbocycles. The molecule has 0 aliphatic heterocycles. The van der Waals surface area contributed by atoms with Crippen molar-refractivity contribution in [2.45, 2.75) is 31.9 Å². The van der Waals surface area contributed by atoms with Crippen molar-refractivity contribution in [2.24, 2.45) is 0 Å². The number of benzene rings is 2. The fraction of sp³-hybridized carbons (Fsp3) is 0.333. The van der Waals surface area contributed by atoms with Gasteiger partial charge in [-0.1, -0.05) is 49.4 Å². The van der Waals surface area contributed by atoms with Gasteiger partial charge in [-0.05, 0) is 42.6 Å². The van der Waals surface area contributed by atoms with Crippen molar-refractivity contribution < 1.29 is 4.74 Å². The summed E-state index contributed by atoms with van der Waals surface area (Å²) in [7, 11) is 0. The molecule has 3 rings (SSSR count). The van der Waals surface area contributed by atoms with E-state index in [1.807, 2.05) is 0 Å². The van der Waals surface area contributed by atoms with Gasteiger partial charge in [-0.3, -0.25) is 0 Å². The second-order valence-corrected chi connectivity index (χ2v) is 5.29. The van der Waals surface area contributed by atoms with Crippen LogP contribution in [0.25, 0.3) is 0 Å². The lowest BCUT2D eigenvalue weighted by molar-refractivity contribution is 0.303. The molecule has 104 valence electrons. The van der Waals surface area contributed by atoms with Crippen LogP contribution in [-0.2, 0) is 0 Å². The summed E-state index contributed by atoms with van der Waals surface area (Å²) in [5.41, 5.74) is 2.58. The second-order valence-electron chi connectivity index (χ2n) is 5.29. The summed E-state index contributed by atoms with van der Waals surface area (Å²) in [6.45, 7) is 3.08. The monoisotopic (exact) mass is 267 g/mol. The lowest BCUT2D eigenvalue weighted by Gasteiger charge is -2.19. The van der Waals surface area contributed by atoms with E-state index < -0.39 is 0 Å². The first-order chi connectivity index (χ1) is 9.86. The zero-order valence-corrected chi connectivity index (χ0v) is 11.9. The molecule has 1 aliphatic rings. The lowest BCUT2D eigenvalue weighted by Crippen LogP contribution is -2.21. The molecule has 1 N–H and O–H groups in total. The molecule has 0 aromatic heterocycles. The van der Waals surface area contributed by atoms with E-state index in [2.05, 4.69) is 66.8 Å². The predicted octanol–water partition coefficient (Wildman–Crippen LogP) is 3.93. The summed E-state index contributed by atoms with van der Waals surface area (Å²) in [6.07, 6.45) is 2.86. The Hall–Kier alpha value is -1.80. The molecule has 1 saturated carbocycles. The third kappa shape index (κ3) is 3.20. The van der Waals surface area contributed by atoms with Crippen LogP contribution in [0.1, 0.15) is 36.9 Å². The highest BCUT2D eigenvalue weighted by molar-refractivity contribution is 5.35. The Morgan fingerprint density at radius 2 is 1.65 bits per heavy atom. The van der Waals surface area contributed by atoms with E-state index in [9.17, 15) is 0 Å². The number of ether oxygens (including phenoxy) is 1. The fourth-order valence-electron chi connectivity index (χ4n) is 2.39. The third-order valence-corrected chi connectivity index (χ3v) is 3.58. The minimum Gasteiger partial charge on any atom is -0.490 e. The van der Waals surface area contributed by atoms with Gasteiger partial charge >= 0.3 is 0 Å². The van der Waals surface area contributed by atoms with Crippen molar-refractivity contribution in [3.8, 4) is 5.75 Å². The Morgan fingerprint density at radius 1 is 1.00 bits per heavy atom. The Labute approximate surface area is 120 Å². The van der Waals surface area contributed by atoms with Gasteiger partial charge in [-0.25, -0.2) is 0 Å². The summed E-state index contributed by atoms with van der Waals surface area (Å²) >= 11 is 0. The topological polar surface area (TPSA) is 21.3 Å². The van der Waals surface area contributed by atoms with Crippen molar-refractivity contribution >= 4 is 0 Å². The van der Waals surface area contributed by atoms with Crippen LogP contribution in [0.2, 0.25) is 0 Å². The minimum absolute atomic E-state index is 0.246. The van der Waals surface area contributed by atoms with Gasteiger partial charge in [-0.2, -0.15) is 0 Å². The molecule has 0 amide bonds. The Morgan fingerprint density at radius 3 is 2.25 bits per heavy atom. The van der Waals surface area contributed by atoms with E-state index in [0.29, 0.717) is 6.10 Å². The zero-order valence-electron chi connectivity index (χ0n) is 11.9. The van der Waals surface area contributed by atoms with Gasteiger partial charge in [0.05, 0.1) is 12.1 Å². The second kappa shape index (κ2) is 6.10. The molecule has 0 saturated heterocycles. The summed E-state index contributed by atoms with van der Waals surface area (Å²) in [5.74, 6) is 0.986. The maximum absolute atomic E-state index is 5.81. The third-order valence-electron chi connectivity index (χ3n) is 3.58. The van der Waals surface area contributed by atoms with Crippen LogP contribution >= 0.6 is 0 Å². The zero-order chi connectivity index (χ0) is 13.8. The first kappa shape index (κ1) is 13.2. The van der Waals surface area contributed by atoms with Crippen molar-refractivity contribution in [2.75, 3.05) is 6.54 Å². The molecule has 0 bridgehead atoms. The van der Waals surface area contributed by atoms with Gasteiger partial charge in [0.25, 0.3) is 0 Å². The standard InChI is InChI=1S/C18H21NO/c1-2-19-18(14-6-4-3-5-7-14)15-8-10-16(11-9-15)20-17-12-13-17/h3-11,17-19H,2,12-13H2,1H3. The van der Waals surface area contributed by atoms with Crippen LogP contribution in [0, 0.1) is 0 Å². The molecule has 2 nitrogen and oxygen atoms in total. The van der Waals surface area contributed by atoms with Crippen LogP contribution < -0.4 is 10.1 Å². The highest BCUT2D eigenvalue weighted by atomic mass is 16.5. The molecule has 0 spiro atoms. The lowest BCUT2D eigenvalue weighted by atomic mass is 9.98. The normalized spacial score (nSPS) is 15.8.